The van der Waals surface area contributed by atoms with Crippen LogP contribution >= 0.6 is 0 Å². The molecular weight excluding hydrogens is 112 g/mol. The molecule has 0 spiro atoms. The first kappa shape index (κ1) is 8.01. The van der Waals surface area contributed by atoms with Gasteiger partial charge in [-0.1, -0.05) is 5.92 Å². The fraction of sp³-hybridized carbons (Fsp3) is 0.571. The van der Waals surface area contributed by atoms with Crippen molar-refractivity contribution in [3.05, 3.63) is 0 Å². The molecule has 2 nitrogen and oxygen atoms in total. The van der Waals surface area contributed by atoms with E-state index in [-0.39, 0.29) is 6.04 Å². The van der Waals surface area contributed by atoms with Gasteiger partial charge in [0, 0.05) is 0 Å². The van der Waals surface area contributed by atoms with Gasteiger partial charge in [0.25, 0.3) is 0 Å². The number of nitrogens with one attached hydrogen (secondary N) is 1. The van der Waals surface area contributed by atoms with Crippen molar-refractivity contribution in [1.82, 2.24) is 5.32 Å². The van der Waals surface area contributed by atoms with Crippen LogP contribution in [0.2, 0.25) is 0 Å². The summed E-state index contributed by atoms with van der Waals surface area (Å²) in [4.78, 5) is 0. The Morgan fingerprint density at radius 1 is 1.67 bits per heavy atom. The molecule has 0 aromatic heterocycles. The lowest BCUT2D eigenvalue weighted by Crippen LogP contribution is -2.24. The third-order valence-electron chi connectivity index (χ3n) is 0.867. The average Bonchev–Trinajstić information content (AvgIpc) is 1.89. The second-order valence-corrected chi connectivity index (χ2v) is 1.66. The summed E-state index contributed by atoms with van der Waals surface area (Å²) in [5.41, 5.74) is 0. The Hall–Kier alpha value is -0.990. The minimum Gasteiger partial charge on any atom is -0.291 e. The molecule has 0 radical (unpaired) electrons. The highest BCUT2D eigenvalue weighted by atomic mass is 14.9. The Labute approximate surface area is 55.9 Å². The highest BCUT2D eigenvalue weighted by Crippen LogP contribution is 1.72. The van der Waals surface area contributed by atoms with Crippen LogP contribution in [0.3, 0.4) is 0 Å². The summed E-state index contributed by atoms with van der Waals surface area (Å²) in [6, 6.07) is 1.95. The summed E-state index contributed by atoms with van der Waals surface area (Å²) in [5, 5.41) is 11.2. The predicted molar refractivity (Wildman–Crippen MR) is 36.5 cm³/mol. The van der Waals surface area contributed by atoms with Crippen molar-refractivity contribution in [2.75, 3.05) is 6.54 Å². The van der Waals surface area contributed by atoms with Gasteiger partial charge in [-0.05, 0) is 13.8 Å². The molecule has 0 aromatic rings. The van der Waals surface area contributed by atoms with E-state index in [9.17, 15) is 0 Å². The Morgan fingerprint density at radius 3 is 2.78 bits per heavy atom. The van der Waals surface area contributed by atoms with E-state index >= 15 is 0 Å². The molecule has 0 fully saturated rings. The van der Waals surface area contributed by atoms with E-state index in [2.05, 4.69) is 17.2 Å². The van der Waals surface area contributed by atoms with Gasteiger partial charge in [-0.3, -0.25) is 5.32 Å². The second-order valence-electron chi connectivity index (χ2n) is 1.66. The van der Waals surface area contributed by atoms with Gasteiger partial charge >= 0.3 is 0 Å². The van der Waals surface area contributed by atoms with Gasteiger partial charge in [0.1, 0.15) is 0 Å². The molecule has 0 rings (SSSR count). The van der Waals surface area contributed by atoms with Crippen molar-refractivity contribution in [1.29, 1.82) is 5.26 Å². The van der Waals surface area contributed by atoms with Crippen LogP contribution in [0.25, 0.3) is 0 Å². The molecule has 0 saturated carbocycles. The van der Waals surface area contributed by atoms with Crippen LogP contribution in [-0.2, 0) is 0 Å². The molecule has 0 amide bonds. The Kier molecular flexibility index (Phi) is 4.59. The van der Waals surface area contributed by atoms with Crippen molar-refractivity contribution in [3.63, 3.8) is 0 Å². The topological polar surface area (TPSA) is 35.8 Å². The molecule has 0 aromatic carbocycles. The van der Waals surface area contributed by atoms with Crippen LogP contribution in [0.4, 0.5) is 0 Å². The van der Waals surface area contributed by atoms with Gasteiger partial charge < -0.3 is 0 Å². The maximum atomic E-state index is 8.27. The summed E-state index contributed by atoms with van der Waals surface area (Å²) in [6.07, 6.45) is 0. The van der Waals surface area contributed by atoms with Crippen LogP contribution < -0.4 is 5.32 Å². The van der Waals surface area contributed by atoms with Gasteiger partial charge in [-0.15, -0.1) is 5.92 Å². The van der Waals surface area contributed by atoms with E-state index in [1.807, 2.05) is 6.07 Å². The molecular formula is C7H10N2. The summed E-state index contributed by atoms with van der Waals surface area (Å²) in [6.45, 7) is 4.18. The number of nitriles is 1. The lowest BCUT2D eigenvalue weighted by molar-refractivity contribution is 0.703. The second kappa shape index (κ2) is 5.15. The van der Waals surface area contributed by atoms with Gasteiger partial charge in [0.15, 0.2) is 0 Å². The van der Waals surface area contributed by atoms with E-state index in [0.717, 1.165) is 0 Å². The van der Waals surface area contributed by atoms with E-state index in [1.165, 1.54) is 0 Å². The van der Waals surface area contributed by atoms with Crippen molar-refractivity contribution >= 4 is 0 Å². The molecule has 0 aliphatic heterocycles. The van der Waals surface area contributed by atoms with Crippen LogP contribution in [0.1, 0.15) is 13.8 Å². The average molecular weight is 122 g/mol. The molecule has 48 valence electrons. The zero-order valence-corrected chi connectivity index (χ0v) is 5.73. The molecule has 0 bridgehead atoms. The van der Waals surface area contributed by atoms with E-state index in [0.29, 0.717) is 6.54 Å². The summed E-state index contributed by atoms with van der Waals surface area (Å²) >= 11 is 0. The van der Waals surface area contributed by atoms with Crippen LogP contribution in [0, 0.1) is 23.2 Å². The third-order valence-corrected chi connectivity index (χ3v) is 0.867. The SMILES string of the molecule is CC#CCNC(C)C#N. The minimum absolute atomic E-state index is 0.0918. The molecule has 0 aliphatic rings. The van der Waals surface area contributed by atoms with Crippen LogP contribution in [0.15, 0.2) is 0 Å². The zero-order chi connectivity index (χ0) is 7.11. The smallest absolute Gasteiger partial charge is 0.0931 e. The lowest BCUT2D eigenvalue weighted by atomic mass is 10.4. The van der Waals surface area contributed by atoms with Crippen molar-refractivity contribution in [3.8, 4) is 17.9 Å². The largest absolute Gasteiger partial charge is 0.291 e. The van der Waals surface area contributed by atoms with Crippen molar-refractivity contribution in [2.24, 2.45) is 0 Å². The molecule has 1 N–H and O–H groups in total. The van der Waals surface area contributed by atoms with E-state index in [4.69, 9.17) is 5.26 Å². The maximum Gasteiger partial charge on any atom is 0.0931 e. The normalized spacial score (nSPS) is 10.8. The Balaban J connectivity index is 3.26. The summed E-state index contributed by atoms with van der Waals surface area (Å²) < 4.78 is 0. The molecule has 2 heteroatoms. The van der Waals surface area contributed by atoms with Crippen LogP contribution in [0.5, 0.6) is 0 Å². The molecule has 0 aliphatic carbocycles. The highest BCUT2D eigenvalue weighted by Gasteiger charge is 1.91. The molecule has 1 atom stereocenters. The fourth-order valence-electron chi connectivity index (χ4n) is 0.338. The van der Waals surface area contributed by atoms with E-state index < -0.39 is 0 Å². The number of rotatable bonds is 2. The van der Waals surface area contributed by atoms with Crippen molar-refractivity contribution < 1.29 is 0 Å². The molecule has 0 saturated heterocycles. The minimum atomic E-state index is -0.0918. The first-order valence-electron chi connectivity index (χ1n) is 2.84. The lowest BCUT2D eigenvalue weighted by Gasteiger charge is -1.97. The zero-order valence-electron chi connectivity index (χ0n) is 5.73. The number of nitrogens with zero attached hydrogens (tertiary/aromatic N) is 1. The highest BCUT2D eigenvalue weighted by molar-refractivity contribution is 4.99. The Bertz CT molecular complexity index is 156. The van der Waals surface area contributed by atoms with Gasteiger partial charge in [-0.25, -0.2) is 0 Å². The van der Waals surface area contributed by atoms with Crippen molar-refractivity contribution in [2.45, 2.75) is 19.9 Å². The van der Waals surface area contributed by atoms with Gasteiger partial charge in [0.05, 0.1) is 18.7 Å². The third kappa shape index (κ3) is 4.87. The summed E-state index contributed by atoms with van der Waals surface area (Å²) in [7, 11) is 0. The van der Waals surface area contributed by atoms with Crippen LogP contribution in [-0.4, -0.2) is 12.6 Å². The van der Waals surface area contributed by atoms with Gasteiger partial charge in [-0.2, -0.15) is 5.26 Å². The predicted octanol–water partition coefficient (Wildman–Crippen LogP) is 0.511. The summed E-state index contributed by atoms with van der Waals surface area (Å²) in [5.74, 6) is 5.53. The monoisotopic (exact) mass is 122 g/mol. The molecule has 0 heterocycles. The quantitative estimate of drug-likeness (QED) is 0.542. The van der Waals surface area contributed by atoms with E-state index in [1.54, 1.807) is 13.8 Å². The van der Waals surface area contributed by atoms with Gasteiger partial charge in [0.2, 0.25) is 0 Å². The number of hydrogen-bond acceptors (Lipinski definition) is 2. The number of hydrogen-bond donors (Lipinski definition) is 1. The standard InChI is InChI=1S/C7H10N2/c1-3-4-5-9-7(2)6-8/h7,9H,5H2,1-2H3. The maximum absolute atomic E-state index is 8.27. The molecule has 1 unspecified atom stereocenters. The Morgan fingerprint density at radius 2 is 2.33 bits per heavy atom. The first-order chi connectivity index (χ1) is 4.31. The first-order valence-corrected chi connectivity index (χ1v) is 2.84. The fourth-order valence-corrected chi connectivity index (χ4v) is 0.338. The molecule has 9 heavy (non-hydrogen) atoms.